The normalized spacial score (nSPS) is 26.5. The van der Waals surface area contributed by atoms with Gasteiger partial charge in [-0.2, -0.15) is 0 Å². The van der Waals surface area contributed by atoms with Crippen LogP contribution in [0.3, 0.4) is 0 Å². The highest BCUT2D eigenvalue weighted by Crippen LogP contribution is 2.37. The maximum atomic E-state index is 12.8. The smallest absolute Gasteiger partial charge is 0.352 e. The van der Waals surface area contributed by atoms with Gasteiger partial charge in [0, 0.05) is 24.3 Å². The van der Waals surface area contributed by atoms with Crippen molar-refractivity contribution in [2.45, 2.75) is 31.3 Å². The van der Waals surface area contributed by atoms with Gasteiger partial charge in [0.2, 0.25) is 5.91 Å². The van der Waals surface area contributed by atoms with Crippen molar-refractivity contribution in [1.82, 2.24) is 4.90 Å². The predicted octanol–water partition coefficient (Wildman–Crippen LogP) is -0.155. The van der Waals surface area contributed by atoms with Gasteiger partial charge in [0.15, 0.2) is 12.4 Å². The van der Waals surface area contributed by atoms with Crippen molar-refractivity contribution < 1.29 is 24.1 Å². The number of carbonyl (C=O) groups excluding carboxylic acids is 2. The van der Waals surface area contributed by atoms with Gasteiger partial charge >= 0.3 is 5.97 Å². The maximum absolute atomic E-state index is 12.8. The van der Waals surface area contributed by atoms with Gasteiger partial charge in [-0.3, -0.25) is 14.5 Å². The van der Waals surface area contributed by atoms with Gasteiger partial charge in [0.05, 0.1) is 11.7 Å². The third kappa shape index (κ3) is 2.73. The number of aromatic nitrogens is 1. The first-order chi connectivity index (χ1) is 12.9. The number of aryl methyl sites for hydroxylation is 1. The van der Waals surface area contributed by atoms with Crippen molar-refractivity contribution in [2.24, 2.45) is 12.8 Å². The summed E-state index contributed by atoms with van der Waals surface area (Å²) in [7, 11) is 1.90. The maximum Gasteiger partial charge on any atom is 0.352 e. The molecule has 8 heteroatoms. The van der Waals surface area contributed by atoms with Gasteiger partial charge in [-0.05, 0) is 30.9 Å². The molecule has 8 nitrogen and oxygen atoms in total. The summed E-state index contributed by atoms with van der Waals surface area (Å²) in [5, 5.41) is 9.61. The van der Waals surface area contributed by atoms with Crippen LogP contribution < -0.4 is 15.2 Å². The van der Waals surface area contributed by atoms with E-state index in [-0.39, 0.29) is 23.6 Å². The first-order valence-electron chi connectivity index (χ1n) is 8.91. The Morgan fingerprint density at radius 2 is 2.00 bits per heavy atom. The summed E-state index contributed by atoms with van der Waals surface area (Å²) < 4.78 is 1.89. The number of fused-ring (bicyclic) bond motifs is 1. The monoisotopic (exact) mass is 369 g/mol. The van der Waals surface area contributed by atoms with Crippen molar-refractivity contribution in [3.63, 3.8) is 0 Å². The molecule has 4 rings (SSSR count). The van der Waals surface area contributed by atoms with Crippen molar-refractivity contribution in [3.05, 3.63) is 47.4 Å². The number of aliphatic carboxylic acids is 1. The Labute approximate surface area is 156 Å². The van der Waals surface area contributed by atoms with Gasteiger partial charge in [-0.25, -0.2) is 9.36 Å². The molecule has 140 valence electrons. The second-order valence-corrected chi connectivity index (χ2v) is 7.12. The van der Waals surface area contributed by atoms with E-state index in [9.17, 15) is 19.5 Å². The number of amides is 2. The molecule has 0 radical (unpaired) electrons. The van der Waals surface area contributed by atoms with E-state index in [1.807, 2.05) is 36.1 Å². The lowest BCUT2D eigenvalue weighted by molar-refractivity contribution is -0.671. The molecule has 1 aromatic heterocycles. The molecule has 0 spiro atoms. The van der Waals surface area contributed by atoms with Crippen molar-refractivity contribution >= 4 is 23.5 Å². The van der Waals surface area contributed by atoms with Gasteiger partial charge in [0.1, 0.15) is 18.8 Å². The van der Waals surface area contributed by atoms with E-state index in [1.165, 1.54) is 4.90 Å². The number of nitrogens with zero attached hydrogens (tertiary/aromatic N) is 3. The van der Waals surface area contributed by atoms with Crippen molar-refractivity contribution in [1.29, 1.82) is 0 Å². The summed E-state index contributed by atoms with van der Waals surface area (Å²) in [6, 6.07) is 2.85. The van der Waals surface area contributed by atoms with Crippen molar-refractivity contribution in [2.75, 3.05) is 11.4 Å². The molecular weight excluding hydrogens is 348 g/mol. The molecule has 4 heterocycles. The van der Waals surface area contributed by atoms with Crippen LogP contribution in [-0.4, -0.2) is 46.4 Å². The zero-order valence-electron chi connectivity index (χ0n) is 15.0. The van der Waals surface area contributed by atoms with E-state index >= 15 is 0 Å². The quantitative estimate of drug-likeness (QED) is 0.437. The number of hydrogen-bond donors (Lipinski definition) is 2. The number of nitrogens with two attached hydrogens (primary N) is 1. The molecule has 2 atom stereocenters. The number of allylic oxidation sites excluding steroid dienone is 2. The molecule has 27 heavy (non-hydrogen) atoms. The molecule has 2 amide bonds. The minimum absolute atomic E-state index is 0.0385. The molecule has 2 saturated heterocycles. The second kappa shape index (κ2) is 6.31. The van der Waals surface area contributed by atoms with Crippen LogP contribution >= 0.6 is 0 Å². The molecular formula is C19H21N4O4+. The average molecular weight is 369 g/mol. The minimum Gasteiger partial charge on any atom is -0.477 e. The third-order valence-corrected chi connectivity index (χ3v) is 5.47. The van der Waals surface area contributed by atoms with Gasteiger partial charge in [0.25, 0.3) is 5.91 Å². The number of pyridine rings is 1. The summed E-state index contributed by atoms with van der Waals surface area (Å²) in [6.45, 7) is 0.546. The largest absolute Gasteiger partial charge is 0.477 e. The number of anilines is 1. The van der Waals surface area contributed by atoms with Gasteiger partial charge < -0.3 is 15.7 Å². The Kier molecular flexibility index (Phi) is 4.07. The Balaban J connectivity index is 1.64. The summed E-state index contributed by atoms with van der Waals surface area (Å²) in [5.41, 5.74) is 7.63. The highest BCUT2D eigenvalue weighted by Gasteiger charge is 2.50. The fraction of sp³-hybridized carbons (Fsp3) is 0.368. The van der Waals surface area contributed by atoms with Crippen LogP contribution in [-0.2, 0) is 21.4 Å². The topological polar surface area (TPSA) is 108 Å². The molecule has 3 N–H and O–H groups in total. The average Bonchev–Trinajstić information content (AvgIpc) is 3.01. The number of carboxylic acid groups (broad SMARTS) is 1. The first kappa shape index (κ1) is 17.4. The zero-order chi connectivity index (χ0) is 19.3. The number of carboxylic acids is 1. The number of carbonyl (C=O) groups is 3. The summed E-state index contributed by atoms with van der Waals surface area (Å²) >= 11 is 0. The summed E-state index contributed by atoms with van der Waals surface area (Å²) in [4.78, 5) is 39.5. The lowest BCUT2D eigenvalue weighted by Gasteiger charge is -2.48. The summed E-state index contributed by atoms with van der Waals surface area (Å²) in [5.74, 6) is -1.66. The van der Waals surface area contributed by atoms with Crippen LogP contribution in [0, 0.1) is 0 Å². The molecule has 1 aromatic rings. The highest BCUT2D eigenvalue weighted by molar-refractivity contribution is 6.08. The van der Waals surface area contributed by atoms with Crippen LogP contribution in [0.25, 0.3) is 0 Å². The van der Waals surface area contributed by atoms with Crippen LogP contribution in [0.1, 0.15) is 19.3 Å². The lowest BCUT2D eigenvalue weighted by Crippen LogP contribution is -2.69. The SMILES string of the molecule is C[n+]1ccc(N2CCC(=CC3=C(C(=O)O)N4C(=O)[C@@H](N)[C@H]4CC3)C2=O)cc1. The number of β-lactam (4-membered cyclic amide) rings is 1. The van der Waals surface area contributed by atoms with E-state index < -0.39 is 12.0 Å². The molecule has 0 aliphatic carbocycles. The second-order valence-electron chi connectivity index (χ2n) is 7.12. The molecule has 0 aromatic carbocycles. The predicted molar refractivity (Wildman–Crippen MR) is 95.2 cm³/mol. The van der Waals surface area contributed by atoms with Crippen LogP contribution in [0.15, 0.2) is 47.4 Å². The molecule has 3 aliphatic heterocycles. The van der Waals surface area contributed by atoms with Gasteiger partial charge in [-0.15, -0.1) is 0 Å². The van der Waals surface area contributed by atoms with E-state index in [1.54, 1.807) is 11.0 Å². The minimum atomic E-state index is -1.16. The Bertz CT molecular complexity index is 903. The molecule has 2 fully saturated rings. The lowest BCUT2D eigenvalue weighted by atomic mass is 9.83. The Morgan fingerprint density at radius 1 is 1.30 bits per heavy atom. The first-order valence-corrected chi connectivity index (χ1v) is 8.91. The fourth-order valence-corrected chi connectivity index (χ4v) is 3.99. The third-order valence-electron chi connectivity index (χ3n) is 5.47. The number of hydrogen-bond acceptors (Lipinski definition) is 4. The molecule has 0 bridgehead atoms. The molecule has 3 aliphatic rings. The highest BCUT2D eigenvalue weighted by atomic mass is 16.4. The standard InChI is InChI=1S/C19H20N4O4/c1-21-7-5-13(6-8-21)22-9-4-12(17(22)24)10-11-2-3-14-15(20)18(25)23(14)16(11)19(26)27/h5-8,10,14-15H,2-4,9,20H2,1H3/p+1/t14-,15+/m1/s1. The van der Waals surface area contributed by atoms with E-state index in [0.717, 1.165) is 5.69 Å². The van der Waals surface area contributed by atoms with Crippen LogP contribution in [0.2, 0.25) is 0 Å². The number of rotatable bonds is 3. The van der Waals surface area contributed by atoms with Gasteiger partial charge in [-0.1, -0.05) is 0 Å². The summed E-state index contributed by atoms with van der Waals surface area (Å²) in [6.07, 6.45) is 7.03. The van der Waals surface area contributed by atoms with E-state index in [0.29, 0.717) is 37.0 Å². The van der Waals surface area contributed by atoms with E-state index in [4.69, 9.17) is 5.73 Å². The Hall–Kier alpha value is -3.00. The fourth-order valence-electron chi connectivity index (χ4n) is 3.99. The Morgan fingerprint density at radius 3 is 2.67 bits per heavy atom. The van der Waals surface area contributed by atoms with Crippen LogP contribution in [0.4, 0.5) is 5.69 Å². The van der Waals surface area contributed by atoms with Crippen molar-refractivity contribution in [3.8, 4) is 0 Å². The molecule has 0 saturated carbocycles. The van der Waals surface area contributed by atoms with E-state index in [2.05, 4.69) is 0 Å². The molecule has 0 unspecified atom stereocenters. The zero-order valence-corrected chi connectivity index (χ0v) is 15.0. The van der Waals surface area contributed by atoms with Crippen LogP contribution in [0.5, 0.6) is 0 Å².